The zero-order chi connectivity index (χ0) is 17.2. The number of carbonyl (C=O) groups is 1. The molecule has 1 aliphatic carbocycles. The van der Waals surface area contributed by atoms with Gasteiger partial charge in [-0.2, -0.15) is 5.10 Å². The van der Waals surface area contributed by atoms with Gasteiger partial charge in [-0.15, -0.1) is 0 Å². The molecule has 0 spiro atoms. The van der Waals surface area contributed by atoms with Crippen LogP contribution in [0.3, 0.4) is 0 Å². The van der Waals surface area contributed by atoms with Gasteiger partial charge >= 0.3 is 0 Å². The van der Waals surface area contributed by atoms with Crippen molar-refractivity contribution < 1.29 is 9.21 Å². The van der Waals surface area contributed by atoms with Gasteiger partial charge in [0.1, 0.15) is 6.26 Å². The summed E-state index contributed by atoms with van der Waals surface area (Å²) in [7, 11) is 0. The highest BCUT2D eigenvalue weighted by Crippen LogP contribution is 2.30. The minimum atomic E-state index is -0.329. The Morgan fingerprint density at radius 2 is 2.20 bits per heavy atom. The first-order valence-electron chi connectivity index (χ1n) is 8.37. The van der Waals surface area contributed by atoms with Crippen LogP contribution >= 0.6 is 0 Å². The van der Waals surface area contributed by atoms with Crippen molar-refractivity contribution in [1.29, 1.82) is 0 Å². The Hall–Kier alpha value is -2.93. The van der Waals surface area contributed by atoms with Gasteiger partial charge in [0, 0.05) is 22.5 Å². The van der Waals surface area contributed by atoms with Crippen LogP contribution in [0.2, 0.25) is 0 Å². The number of hydrogen-bond donors (Lipinski definition) is 3. The quantitative estimate of drug-likeness (QED) is 0.678. The molecule has 0 radical (unpaired) electrons. The number of nitrogens with two attached hydrogens (primary N) is 1. The van der Waals surface area contributed by atoms with Crippen molar-refractivity contribution in [3.05, 3.63) is 53.4 Å². The molecule has 0 aliphatic heterocycles. The number of nitrogens with zero attached hydrogens (tertiary/aromatic N) is 2. The SMILES string of the molecule is NCc1nc(C(=O)Nc2cccc(-c3n[nH]c4c3CCCC4)c2)co1. The molecule has 0 saturated heterocycles. The number of benzene rings is 1. The van der Waals surface area contributed by atoms with Crippen LogP contribution < -0.4 is 11.1 Å². The molecule has 2 heterocycles. The number of fused-ring (bicyclic) bond motifs is 1. The number of nitrogens with one attached hydrogen (secondary N) is 2. The van der Waals surface area contributed by atoms with Gasteiger partial charge in [0.15, 0.2) is 5.69 Å². The zero-order valence-corrected chi connectivity index (χ0v) is 13.7. The first kappa shape index (κ1) is 15.6. The maximum atomic E-state index is 12.3. The molecule has 1 aromatic carbocycles. The third-order valence-corrected chi connectivity index (χ3v) is 4.41. The number of aromatic nitrogens is 3. The lowest BCUT2D eigenvalue weighted by Gasteiger charge is -2.11. The lowest BCUT2D eigenvalue weighted by atomic mass is 9.93. The molecule has 0 saturated carbocycles. The van der Waals surface area contributed by atoms with Gasteiger partial charge in [-0.25, -0.2) is 4.98 Å². The number of hydrogen-bond acceptors (Lipinski definition) is 5. The minimum absolute atomic E-state index is 0.160. The summed E-state index contributed by atoms with van der Waals surface area (Å²) in [5, 5.41) is 10.5. The predicted octanol–water partition coefficient (Wildman–Crippen LogP) is 2.65. The van der Waals surface area contributed by atoms with Crippen LogP contribution in [0.5, 0.6) is 0 Å². The van der Waals surface area contributed by atoms with E-state index in [0.29, 0.717) is 11.6 Å². The van der Waals surface area contributed by atoms with E-state index < -0.39 is 0 Å². The summed E-state index contributed by atoms with van der Waals surface area (Å²) in [4.78, 5) is 16.3. The highest BCUT2D eigenvalue weighted by atomic mass is 16.3. The van der Waals surface area contributed by atoms with Gasteiger partial charge in [0.05, 0.1) is 12.2 Å². The zero-order valence-electron chi connectivity index (χ0n) is 13.7. The molecule has 25 heavy (non-hydrogen) atoms. The Kier molecular flexibility index (Phi) is 4.07. The molecule has 4 rings (SSSR count). The molecule has 7 heteroatoms. The number of carbonyl (C=O) groups excluding carboxylic acids is 1. The number of amides is 1. The largest absolute Gasteiger partial charge is 0.447 e. The van der Waals surface area contributed by atoms with E-state index in [9.17, 15) is 4.79 Å². The molecule has 1 aliphatic rings. The van der Waals surface area contributed by atoms with Crippen LogP contribution in [-0.2, 0) is 19.4 Å². The number of aromatic amines is 1. The number of anilines is 1. The van der Waals surface area contributed by atoms with Gasteiger partial charge in [0.2, 0.25) is 5.89 Å². The Balaban J connectivity index is 1.57. The Bertz CT molecular complexity index is 912. The predicted molar refractivity (Wildman–Crippen MR) is 93.0 cm³/mol. The van der Waals surface area contributed by atoms with E-state index >= 15 is 0 Å². The van der Waals surface area contributed by atoms with Gasteiger partial charge in [-0.3, -0.25) is 9.89 Å². The van der Waals surface area contributed by atoms with Crippen LogP contribution in [-0.4, -0.2) is 21.1 Å². The highest BCUT2D eigenvalue weighted by molar-refractivity contribution is 6.02. The van der Waals surface area contributed by atoms with E-state index in [2.05, 4.69) is 20.5 Å². The third kappa shape index (κ3) is 3.06. The summed E-state index contributed by atoms with van der Waals surface area (Å²) in [6.07, 6.45) is 5.79. The summed E-state index contributed by atoms with van der Waals surface area (Å²) < 4.78 is 5.11. The molecular formula is C18H19N5O2. The number of oxazole rings is 1. The van der Waals surface area contributed by atoms with Crippen LogP contribution in [0.4, 0.5) is 5.69 Å². The summed E-state index contributed by atoms with van der Waals surface area (Å²) in [5.74, 6) is 0.00621. The van der Waals surface area contributed by atoms with Crippen molar-refractivity contribution in [2.75, 3.05) is 5.32 Å². The monoisotopic (exact) mass is 337 g/mol. The first-order chi connectivity index (χ1) is 12.2. The molecule has 0 atom stereocenters. The number of aryl methyl sites for hydroxylation is 1. The molecule has 0 bridgehead atoms. The highest BCUT2D eigenvalue weighted by Gasteiger charge is 2.18. The fourth-order valence-corrected chi connectivity index (χ4v) is 3.17. The van der Waals surface area contributed by atoms with E-state index in [-0.39, 0.29) is 18.1 Å². The standard InChI is InChI=1S/C18H19N5O2/c19-9-16-21-15(10-25-16)18(24)20-12-5-3-4-11(8-12)17-13-6-1-2-7-14(13)22-23-17/h3-5,8,10H,1-2,6-7,9,19H2,(H,20,24)(H,22,23). The molecule has 3 aromatic rings. The molecule has 0 fully saturated rings. The summed E-state index contributed by atoms with van der Waals surface area (Å²) >= 11 is 0. The van der Waals surface area contributed by atoms with Crippen molar-refractivity contribution in [3.63, 3.8) is 0 Å². The fourth-order valence-electron chi connectivity index (χ4n) is 3.17. The van der Waals surface area contributed by atoms with E-state index in [1.54, 1.807) is 0 Å². The maximum absolute atomic E-state index is 12.3. The van der Waals surface area contributed by atoms with Gasteiger partial charge < -0.3 is 15.5 Å². The van der Waals surface area contributed by atoms with Crippen molar-refractivity contribution in [2.24, 2.45) is 5.73 Å². The summed E-state index contributed by atoms with van der Waals surface area (Å²) in [5.41, 5.74) is 10.8. The topological polar surface area (TPSA) is 110 Å². The second-order valence-electron chi connectivity index (χ2n) is 6.10. The molecule has 4 N–H and O–H groups in total. The van der Waals surface area contributed by atoms with Crippen molar-refractivity contribution >= 4 is 11.6 Å². The van der Waals surface area contributed by atoms with Crippen molar-refractivity contribution in [3.8, 4) is 11.3 Å². The van der Waals surface area contributed by atoms with Gasteiger partial charge in [-0.05, 0) is 37.8 Å². The van der Waals surface area contributed by atoms with Crippen molar-refractivity contribution in [1.82, 2.24) is 15.2 Å². The van der Waals surface area contributed by atoms with Crippen LogP contribution in [0.15, 0.2) is 34.9 Å². The molecular weight excluding hydrogens is 318 g/mol. The molecule has 1 amide bonds. The average Bonchev–Trinajstić information content (AvgIpc) is 3.29. The van der Waals surface area contributed by atoms with Gasteiger partial charge in [-0.1, -0.05) is 12.1 Å². The van der Waals surface area contributed by atoms with Crippen LogP contribution in [0.25, 0.3) is 11.3 Å². The van der Waals surface area contributed by atoms with E-state index in [1.807, 2.05) is 24.3 Å². The van der Waals surface area contributed by atoms with Crippen LogP contribution in [0, 0.1) is 0 Å². The lowest BCUT2D eigenvalue weighted by molar-refractivity contribution is 0.102. The number of rotatable bonds is 4. The first-order valence-corrected chi connectivity index (χ1v) is 8.37. The Labute approximate surface area is 144 Å². The second-order valence-corrected chi connectivity index (χ2v) is 6.10. The maximum Gasteiger partial charge on any atom is 0.277 e. The van der Waals surface area contributed by atoms with Crippen molar-refractivity contribution in [2.45, 2.75) is 32.2 Å². The summed E-state index contributed by atoms with van der Waals surface area (Å²) in [6, 6.07) is 7.67. The summed E-state index contributed by atoms with van der Waals surface area (Å²) in [6.45, 7) is 0.160. The van der Waals surface area contributed by atoms with Crippen LogP contribution in [0.1, 0.15) is 40.5 Å². The lowest BCUT2D eigenvalue weighted by Crippen LogP contribution is -2.12. The molecule has 128 valence electrons. The molecule has 2 aromatic heterocycles. The fraction of sp³-hybridized carbons (Fsp3) is 0.278. The Morgan fingerprint density at radius 1 is 1.32 bits per heavy atom. The smallest absolute Gasteiger partial charge is 0.277 e. The normalized spacial score (nSPS) is 13.5. The second kappa shape index (κ2) is 6.52. The van der Waals surface area contributed by atoms with Gasteiger partial charge in [0.25, 0.3) is 5.91 Å². The van der Waals surface area contributed by atoms with E-state index in [4.69, 9.17) is 10.2 Å². The third-order valence-electron chi connectivity index (χ3n) is 4.41. The van der Waals surface area contributed by atoms with E-state index in [1.165, 1.54) is 30.4 Å². The minimum Gasteiger partial charge on any atom is -0.447 e. The average molecular weight is 337 g/mol. The van der Waals surface area contributed by atoms with E-state index in [0.717, 1.165) is 24.1 Å². The molecule has 7 nitrogen and oxygen atoms in total. The number of H-pyrrole nitrogens is 1. The Morgan fingerprint density at radius 3 is 3.04 bits per heavy atom. The molecule has 0 unspecified atom stereocenters.